The number of pyridine rings is 1. The summed E-state index contributed by atoms with van der Waals surface area (Å²) < 4.78 is 1.87. The maximum absolute atomic E-state index is 12.5. The fourth-order valence-corrected chi connectivity index (χ4v) is 3.61. The van der Waals surface area contributed by atoms with Crippen molar-refractivity contribution in [3.05, 3.63) is 52.2 Å². The van der Waals surface area contributed by atoms with E-state index in [0.29, 0.717) is 31.2 Å². The number of carbonyl (C=O) groups excluding carboxylic acids is 1. The zero-order valence-corrected chi connectivity index (χ0v) is 11.5. The SMILES string of the molecule is O=C(c1ccn[nH]1)N1CC2CC(C1)c1cccc(=O)n1C2. The summed E-state index contributed by atoms with van der Waals surface area (Å²) in [6, 6.07) is 7.12. The number of nitrogens with one attached hydrogen (secondary N) is 1. The van der Waals surface area contributed by atoms with Crippen molar-refractivity contribution in [2.75, 3.05) is 13.1 Å². The standard InChI is InChI=1S/C15H16N4O2/c20-14-3-1-2-13-11-6-10(8-19(13)14)7-18(9-11)15(21)12-4-5-16-17-12/h1-5,10-11H,6-9H2,(H,16,17). The number of piperidine rings is 1. The summed E-state index contributed by atoms with van der Waals surface area (Å²) in [5.74, 6) is 0.593. The molecule has 0 aliphatic carbocycles. The highest BCUT2D eigenvalue weighted by molar-refractivity contribution is 5.92. The van der Waals surface area contributed by atoms with Crippen LogP contribution in [0.4, 0.5) is 0 Å². The number of aromatic amines is 1. The Kier molecular flexibility index (Phi) is 2.70. The van der Waals surface area contributed by atoms with Gasteiger partial charge in [0.05, 0.1) is 0 Å². The topological polar surface area (TPSA) is 71.0 Å². The lowest BCUT2D eigenvalue weighted by Crippen LogP contribution is -2.49. The van der Waals surface area contributed by atoms with Gasteiger partial charge in [0.1, 0.15) is 5.69 Å². The second kappa shape index (κ2) is 4.58. The number of nitrogens with zero attached hydrogens (tertiary/aromatic N) is 3. The summed E-state index contributed by atoms with van der Waals surface area (Å²) in [6.07, 6.45) is 2.64. The minimum Gasteiger partial charge on any atom is -0.336 e. The lowest BCUT2D eigenvalue weighted by Gasteiger charge is -2.42. The minimum absolute atomic E-state index is 0.00562. The van der Waals surface area contributed by atoms with Crippen molar-refractivity contribution in [3.63, 3.8) is 0 Å². The summed E-state index contributed by atoms with van der Waals surface area (Å²) in [7, 11) is 0. The van der Waals surface area contributed by atoms with E-state index in [1.165, 1.54) is 0 Å². The summed E-state index contributed by atoms with van der Waals surface area (Å²) in [5.41, 5.74) is 1.65. The molecule has 108 valence electrons. The van der Waals surface area contributed by atoms with Gasteiger partial charge in [0.25, 0.3) is 11.5 Å². The Bertz CT molecular complexity index is 734. The average molecular weight is 284 g/mol. The zero-order valence-electron chi connectivity index (χ0n) is 11.5. The fraction of sp³-hybridized carbons (Fsp3) is 0.400. The Morgan fingerprint density at radius 1 is 1.24 bits per heavy atom. The van der Waals surface area contributed by atoms with Gasteiger partial charge in [-0.15, -0.1) is 0 Å². The van der Waals surface area contributed by atoms with E-state index >= 15 is 0 Å². The first-order valence-corrected chi connectivity index (χ1v) is 7.21. The van der Waals surface area contributed by atoms with Crippen LogP contribution in [0.2, 0.25) is 0 Å². The largest absolute Gasteiger partial charge is 0.336 e. The van der Waals surface area contributed by atoms with Crippen LogP contribution < -0.4 is 5.56 Å². The molecule has 2 atom stereocenters. The number of H-pyrrole nitrogens is 1. The summed E-state index contributed by atoms with van der Waals surface area (Å²) in [5, 5.41) is 6.57. The van der Waals surface area contributed by atoms with Crippen LogP contribution in [0.15, 0.2) is 35.3 Å². The molecule has 2 aliphatic heterocycles. The number of rotatable bonds is 1. The maximum Gasteiger partial charge on any atom is 0.271 e. The van der Waals surface area contributed by atoms with Gasteiger partial charge < -0.3 is 9.47 Å². The normalized spacial score (nSPS) is 23.7. The highest BCUT2D eigenvalue weighted by Gasteiger charge is 2.36. The van der Waals surface area contributed by atoms with Crippen LogP contribution in [-0.4, -0.2) is 38.7 Å². The van der Waals surface area contributed by atoms with Crippen molar-refractivity contribution in [3.8, 4) is 0 Å². The Labute approximate surface area is 121 Å². The zero-order chi connectivity index (χ0) is 14.4. The Morgan fingerprint density at radius 3 is 2.95 bits per heavy atom. The molecule has 6 heteroatoms. The molecule has 2 bridgehead atoms. The van der Waals surface area contributed by atoms with Crippen LogP contribution in [-0.2, 0) is 6.54 Å². The molecule has 1 fully saturated rings. The first-order valence-electron chi connectivity index (χ1n) is 7.21. The smallest absolute Gasteiger partial charge is 0.271 e. The number of aromatic nitrogens is 3. The van der Waals surface area contributed by atoms with Crippen molar-refractivity contribution in [2.45, 2.75) is 18.9 Å². The van der Waals surface area contributed by atoms with Gasteiger partial charge in [0.2, 0.25) is 0 Å². The number of carbonyl (C=O) groups is 1. The Hall–Kier alpha value is -2.37. The van der Waals surface area contributed by atoms with Gasteiger partial charge in [-0.25, -0.2) is 0 Å². The van der Waals surface area contributed by atoms with E-state index in [9.17, 15) is 9.59 Å². The molecule has 1 saturated heterocycles. The van der Waals surface area contributed by atoms with Crippen LogP contribution in [0.5, 0.6) is 0 Å². The molecule has 0 aromatic carbocycles. The van der Waals surface area contributed by atoms with Crippen LogP contribution in [0.1, 0.15) is 28.5 Å². The van der Waals surface area contributed by atoms with Crippen molar-refractivity contribution in [1.29, 1.82) is 0 Å². The predicted octanol–water partition coefficient (Wildman–Crippen LogP) is 0.831. The number of hydrogen-bond acceptors (Lipinski definition) is 3. The molecule has 2 aromatic heterocycles. The number of hydrogen-bond donors (Lipinski definition) is 1. The van der Waals surface area contributed by atoms with Crippen molar-refractivity contribution in [1.82, 2.24) is 19.7 Å². The highest BCUT2D eigenvalue weighted by atomic mass is 16.2. The molecule has 2 aliphatic rings. The number of amides is 1. The molecular weight excluding hydrogens is 268 g/mol. The lowest BCUT2D eigenvalue weighted by molar-refractivity contribution is 0.0588. The summed E-state index contributed by atoms with van der Waals surface area (Å²) >= 11 is 0. The van der Waals surface area contributed by atoms with Gasteiger partial charge in [-0.1, -0.05) is 6.07 Å². The van der Waals surface area contributed by atoms with Gasteiger partial charge in [0, 0.05) is 43.5 Å². The second-order valence-electron chi connectivity index (χ2n) is 5.88. The van der Waals surface area contributed by atoms with Crippen molar-refractivity contribution >= 4 is 5.91 Å². The first-order chi connectivity index (χ1) is 10.2. The summed E-state index contributed by atoms with van der Waals surface area (Å²) in [6.45, 7) is 2.07. The van der Waals surface area contributed by atoms with Crippen LogP contribution >= 0.6 is 0 Å². The predicted molar refractivity (Wildman–Crippen MR) is 76.0 cm³/mol. The maximum atomic E-state index is 12.5. The van der Waals surface area contributed by atoms with Crippen LogP contribution in [0, 0.1) is 5.92 Å². The number of fused-ring (bicyclic) bond motifs is 4. The first kappa shape index (κ1) is 12.4. The van der Waals surface area contributed by atoms with E-state index in [1.807, 2.05) is 21.6 Å². The lowest BCUT2D eigenvalue weighted by atomic mass is 9.83. The molecule has 4 rings (SSSR count). The van der Waals surface area contributed by atoms with Gasteiger partial charge in [-0.05, 0) is 24.5 Å². The highest BCUT2D eigenvalue weighted by Crippen LogP contribution is 2.35. The second-order valence-corrected chi connectivity index (χ2v) is 5.88. The molecule has 6 nitrogen and oxygen atoms in total. The molecular formula is C15H16N4O2. The van der Waals surface area contributed by atoms with E-state index in [2.05, 4.69) is 10.2 Å². The van der Waals surface area contributed by atoms with Gasteiger partial charge in [-0.2, -0.15) is 5.10 Å². The Morgan fingerprint density at radius 2 is 2.14 bits per heavy atom. The third-order valence-corrected chi connectivity index (χ3v) is 4.50. The van der Waals surface area contributed by atoms with Crippen molar-refractivity contribution < 1.29 is 4.79 Å². The molecule has 0 saturated carbocycles. The fourth-order valence-electron chi connectivity index (χ4n) is 3.61. The molecule has 0 spiro atoms. The third kappa shape index (κ3) is 1.98. The van der Waals surface area contributed by atoms with Gasteiger partial charge >= 0.3 is 0 Å². The van der Waals surface area contributed by atoms with E-state index < -0.39 is 0 Å². The molecule has 1 N–H and O–H groups in total. The van der Waals surface area contributed by atoms with Crippen molar-refractivity contribution in [2.24, 2.45) is 5.92 Å². The minimum atomic E-state index is -0.00562. The van der Waals surface area contributed by atoms with E-state index in [1.54, 1.807) is 18.3 Å². The summed E-state index contributed by atoms with van der Waals surface area (Å²) in [4.78, 5) is 26.3. The van der Waals surface area contributed by atoms with Gasteiger partial charge in [-0.3, -0.25) is 14.7 Å². The van der Waals surface area contributed by atoms with Gasteiger partial charge in [0.15, 0.2) is 0 Å². The molecule has 21 heavy (non-hydrogen) atoms. The quantitative estimate of drug-likeness (QED) is 0.843. The molecule has 2 aromatic rings. The monoisotopic (exact) mass is 284 g/mol. The number of likely N-dealkylation sites (tertiary alicyclic amines) is 1. The molecule has 2 unspecified atom stereocenters. The van der Waals surface area contributed by atoms with Crippen LogP contribution in [0.25, 0.3) is 0 Å². The van der Waals surface area contributed by atoms with E-state index in [4.69, 9.17) is 0 Å². The van der Waals surface area contributed by atoms with E-state index in [0.717, 1.165) is 12.1 Å². The molecule has 4 heterocycles. The Balaban J connectivity index is 1.65. The third-order valence-electron chi connectivity index (χ3n) is 4.50. The molecule has 1 amide bonds. The van der Waals surface area contributed by atoms with Crippen LogP contribution in [0.3, 0.4) is 0 Å². The van der Waals surface area contributed by atoms with E-state index in [-0.39, 0.29) is 17.4 Å². The average Bonchev–Trinajstić information content (AvgIpc) is 3.02. The molecule has 0 radical (unpaired) electrons.